The number of halogens is 2. The maximum atomic E-state index is 13.8. The second-order valence-electron chi connectivity index (χ2n) is 8.19. The lowest BCUT2D eigenvalue weighted by Crippen LogP contribution is -2.53. The minimum atomic E-state index is -0.152. The van der Waals surface area contributed by atoms with Gasteiger partial charge in [0.25, 0.3) is 5.95 Å². The van der Waals surface area contributed by atoms with Crippen LogP contribution in [0.4, 0.5) is 15.9 Å². The molecule has 5 rings (SSSR count). The lowest BCUT2D eigenvalue weighted by Gasteiger charge is -2.46. The zero-order valence-corrected chi connectivity index (χ0v) is 18.8. The summed E-state index contributed by atoms with van der Waals surface area (Å²) in [5.74, 6) is 0.757. The minimum absolute atomic E-state index is 0. The van der Waals surface area contributed by atoms with Crippen LogP contribution in [0.25, 0.3) is 5.95 Å². The summed E-state index contributed by atoms with van der Waals surface area (Å²) in [6.07, 6.45) is 10.8. The van der Waals surface area contributed by atoms with E-state index in [0.29, 0.717) is 17.8 Å². The molecule has 4 heterocycles. The molecule has 168 valence electrons. The number of nitrogen functional groups attached to an aromatic ring is 1. The number of nitrogens with zero attached hydrogens (tertiary/aromatic N) is 6. The van der Waals surface area contributed by atoms with E-state index < -0.39 is 0 Å². The summed E-state index contributed by atoms with van der Waals surface area (Å²) in [7, 11) is 0. The molecule has 2 aliphatic heterocycles. The number of benzene rings is 1. The van der Waals surface area contributed by atoms with Gasteiger partial charge in [-0.1, -0.05) is 12.1 Å². The Bertz CT molecular complexity index is 1130. The number of aromatic nitrogens is 4. The first kappa shape index (κ1) is 22.1. The van der Waals surface area contributed by atoms with E-state index >= 15 is 0 Å². The quantitative estimate of drug-likeness (QED) is 0.650. The van der Waals surface area contributed by atoms with Crippen molar-refractivity contribution in [1.82, 2.24) is 24.6 Å². The lowest BCUT2D eigenvalue weighted by molar-refractivity contribution is 0.282. The zero-order valence-electron chi connectivity index (χ0n) is 18.0. The summed E-state index contributed by atoms with van der Waals surface area (Å²) >= 11 is 0. The molecule has 2 aliphatic rings. The van der Waals surface area contributed by atoms with Crippen molar-refractivity contribution in [3.63, 3.8) is 0 Å². The second-order valence-corrected chi connectivity index (χ2v) is 8.19. The van der Waals surface area contributed by atoms with Crippen LogP contribution in [0.15, 0.2) is 48.9 Å². The van der Waals surface area contributed by atoms with E-state index in [1.54, 1.807) is 29.1 Å². The first-order valence-electron chi connectivity index (χ1n) is 10.7. The maximum absolute atomic E-state index is 13.8. The van der Waals surface area contributed by atoms with Gasteiger partial charge in [-0.3, -0.25) is 0 Å². The number of rotatable bonds is 4. The van der Waals surface area contributed by atoms with Crippen molar-refractivity contribution in [3.05, 3.63) is 71.6 Å². The van der Waals surface area contributed by atoms with Crippen molar-refractivity contribution in [3.8, 4) is 5.95 Å². The molecule has 32 heavy (non-hydrogen) atoms. The van der Waals surface area contributed by atoms with Gasteiger partial charge in [-0.05, 0) is 61.7 Å². The third kappa shape index (κ3) is 4.27. The van der Waals surface area contributed by atoms with Crippen molar-refractivity contribution in [2.75, 3.05) is 30.3 Å². The number of allylic oxidation sites excluding steroid dienone is 1. The molecule has 2 aromatic heterocycles. The first-order valence-corrected chi connectivity index (χ1v) is 10.7. The number of piperazine rings is 1. The topological polar surface area (TPSA) is 76.1 Å². The van der Waals surface area contributed by atoms with E-state index in [1.807, 2.05) is 19.2 Å². The van der Waals surface area contributed by atoms with Gasteiger partial charge < -0.3 is 15.5 Å². The molecule has 1 fully saturated rings. The Morgan fingerprint density at radius 1 is 1.25 bits per heavy atom. The van der Waals surface area contributed by atoms with Crippen molar-refractivity contribution in [2.24, 2.45) is 0 Å². The standard InChI is InChI=1S/C23H26FN7.ClH/c1-16-18(14-27-31(16)23-26-9-8-22(25)28-23)3-2-10-29-11-12-30-20(15-29)7-5-17-4-6-19(24)13-21(17)30;/h2,4,6,8-10,13-14,20H,3,5,7,11-12,15H2,1H3,(H2,25,26,28);1H. The summed E-state index contributed by atoms with van der Waals surface area (Å²) in [5, 5.41) is 4.43. The van der Waals surface area contributed by atoms with E-state index in [0.717, 1.165) is 55.8 Å². The highest BCUT2D eigenvalue weighted by molar-refractivity contribution is 5.85. The van der Waals surface area contributed by atoms with Crippen LogP contribution < -0.4 is 10.6 Å². The Balaban J connectivity index is 0.00000245. The largest absolute Gasteiger partial charge is 0.384 e. The van der Waals surface area contributed by atoms with Crippen LogP contribution in [0.3, 0.4) is 0 Å². The fourth-order valence-corrected chi connectivity index (χ4v) is 4.56. The van der Waals surface area contributed by atoms with Crippen LogP contribution in [0.2, 0.25) is 0 Å². The van der Waals surface area contributed by atoms with Crippen molar-refractivity contribution in [2.45, 2.75) is 32.2 Å². The van der Waals surface area contributed by atoms with Crippen LogP contribution in [0.1, 0.15) is 23.2 Å². The van der Waals surface area contributed by atoms with Crippen molar-refractivity contribution >= 4 is 23.9 Å². The Kier molecular flexibility index (Phi) is 6.32. The van der Waals surface area contributed by atoms with Gasteiger partial charge in [0.15, 0.2) is 0 Å². The summed E-state index contributed by atoms with van der Waals surface area (Å²) < 4.78 is 15.5. The molecular formula is C23H27ClFN7. The number of hydrogen-bond donors (Lipinski definition) is 1. The van der Waals surface area contributed by atoms with E-state index in [1.165, 1.54) is 5.56 Å². The number of fused-ring (bicyclic) bond motifs is 3. The molecule has 0 bridgehead atoms. The van der Waals surface area contributed by atoms with Crippen molar-refractivity contribution < 1.29 is 4.39 Å². The van der Waals surface area contributed by atoms with Gasteiger partial charge in [0.1, 0.15) is 11.6 Å². The van der Waals surface area contributed by atoms with Gasteiger partial charge in [-0.25, -0.2) is 14.1 Å². The Morgan fingerprint density at radius 3 is 2.97 bits per heavy atom. The molecule has 0 aliphatic carbocycles. The summed E-state index contributed by atoms with van der Waals surface area (Å²) in [6.45, 7) is 4.81. The highest BCUT2D eigenvalue weighted by Gasteiger charge is 2.30. The fraction of sp³-hybridized carbons (Fsp3) is 0.348. The molecule has 7 nitrogen and oxygen atoms in total. The minimum Gasteiger partial charge on any atom is -0.384 e. The normalized spacial score (nSPS) is 17.8. The Hall–Kier alpha value is -3.13. The van der Waals surface area contributed by atoms with E-state index in [2.05, 4.69) is 37.1 Å². The molecule has 0 spiro atoms. The van der Waals surface area contributed by atoms with Crippen LogP contribution in [-0.4, -0.2) is 50.3 Å². The molecule has 1 atom stereocenters. The average molecular weight is 456 g/mol. The number of nitrogens with two attached hydrogens (primary N) is 1. The highest BCUT2D eigenvalue weighted by atomic mass is 35.5. The molecule has 2 N–H and O–H groups in total. The van der Waals surface area contributed by atoms with Gasteiger partial charge in [-0.2, -0.15) is 10.1 Å². The Labute approximate surface area is 193 Å². The molecule has 1 saturated heterocycles. The van der Waals surface area contributed by atoms with Gasteiger partial charge in [0, 0.05) is 43.3 Å². The molecule has 1 aromatic carbocycles. The molecule has 0 amide bonds. The molecule has 1 unspecified atom stereocenters. The van der Waals surface area contributed by atoms with Gasteiger partial charge >= 0.3 is 0 Å². The molecule has 9 heteroatoms. The number of aryl methyl sites for hydroxylation is 1. The summed E-state index contributed by atoms with van der Waals surface area (Å²) in [6, 6.07) is 7.29. The number of anilines is 2. The lowest BCUT2D eigenvalue weighted by atomic mass is 9.94. The Morgan fingerprint density at radius 2 is 2.12 bits per heavy atom. The fourth-order valence-electron chi connectivity index (χ4n) is 4.56. The number of hydrogen-bond acceptors (Lipinski definition) is 6. The zero-order chi connectivity index (χ0) is 21.4. The van der Waals surface area contributed by atoms with Crippen LogP contribution >= 0.6 is 12.4 Å². The second kappa shape index (κ2) is 9.16. The van der Waals surface area contributed by atoms with Crippen LogP contribution in [0, 0.1) is 12.7 Å². The van der Waals surface area contributed by atoms with E-state index in [9.17, 15) is 4.39 Å². The summed E-state index contributed by atoms with van der Waals surface area (Å²) in [4.78, 5) is 13.2. The molecule has 3 aromatic rings. The molecule has 0 radical (unpaired) electrons. The van der Waals surface area contributed by atoms with Gasteiger partial charge in [0.2, 0.25) is 0 Å². The smallest absolute Gasteiger partial charge is 0.252 e. The highest BCUT2D eigenvalue weighted by Crippen LogP contribution is 2.33. The SMILES string of the molecule is Cc1c(CC=CN2CCN3c4cc(F)ccc4CCC3C2)cnn1-c1nccc(N)n1.Cl. The molecular weight excluding hydrogens is 429 g/mol. The summed E-state index contributed by atoms with van der Waals surface area (Å²) in [5.41, 5.74) is 10.2. The van der Waals surface area contributed by atoms with Crippen LogP contribution in [0.5, 0.6) is 0 Å². The predicted octanol–water partition coefficient (Wildman–Crippen LogP) is 3.31. The first-order chi connectivity index (χ1) is 15.1. The van der Waals surface area contributed by atoms with Crippen molar-refractivity contribution in [1.29, 1.82) is 0 Å². The van der Waals surface area contributed by atoms with Gasteiger partial charge in [-0.15, -0.1) is 12.4 Å². The molecule has 0 saturated carbocycles. The third-order valence-corrected chi connectivity index (χ3v) is 6.24. The average Bonchev–Trinajstić information content (AvgIpc) is 3.14. The maximum Gasteiger partial charge on any atom is 0.252 e. The van der Waals surface area contributed by atoms with E-state index in [4.69, 9.17) is 5.73 Å². The van der Waals surface area contributed by atoms with E-state index in [-0.39, 0.29) is 18.2 Å². The monoisotopic (exact) mass is 455 g/mol. The predicted molar refractivity (Wildman–Crippen MR) is 126 cm³/mol. The van der Waals surface area contributed by atoms with Crippen LogP contribution in [-0.2, 0) is 12.8 Å². The third-order valence-electron chi connectivity index (χ3n) is 6.24. The van der Waals surface area contributed by atoms with Gasteiger partial charge in [0.05, 0.1) is 6.20 Å².